The van der Waals surface area contributed by atoms with E-state index in [0.29, 0.717) is 0 Å². The summed E-state index contributed by atoms with van der Waals surface area (Å²) in [6.45, 7) is 5.28. The largest absolute Gasteiger partial charge is 0.310 e. The van der Waals surface area contributed by atoms with Gasteiger partial charge in [-0.3, -0.25) is 4.68 Å². The van der Waals surface area contributed by atoms with Gasteiger partial charge in [0.15, 0.2) is 0 Å². The lowest BCUT2D eigenvalue weighted by Crippen LogP contribution is -2.33. The van der Waals surface area contributed by atoms with Crippen molar-refractivity contribution in [3.05, 3.63) is 17.0 Å². The second-order valence-corrected chi connectivity index (χ2v) is 5.85. The normalized spacial score (nSPS) is 31.4. The zero-order chi connectivity index (χ0) is 12.0. The van der Waals surface area contributed by atoms with Gasteiger partial charge in [0.1, 0.15) is 0 Å². The van der Waals surface area contributed by atoms with Crippen molar-refractivity contribution in [2.75, 3.05) is 0 Å². The monoisotopic (exact) mass is 233 g/mol. The van der Waals surface area contributed by atoms with Crippen LogP contribution in [0.4, 0.5) is 0 Å². The van der Waals surface area contributed by atoms with E-state index in [-0.39, 0.29) is 0 Å². The summed E-state index contributed by atoms with van der Waals surface area (Å²) < 4.78 is 1.99. The van der Waals surface area contributed by atoms with Gasteiger partial charge in [0.2, 0.25) is 0 Å². The Kier molecular flexibility index (Phi) is 2.74. The van der Waals surface area contributed by atoms with Crippen LogP contribution in [-0.4, -0.2) is 15.8 Å². The molecule has 0 spiro atoms. The molecule has 2 aliphatic rings. The first-order valence-electron chi connectivity index (χ1n) is 6.89. The minimum atomic E-state index is 0.771. The van der Waals surface area contributed by atoms with E-state index in [1.165, 1.54) is 42.6 Å². The van der Waals surface area contributed by atoms with Crippen LogP contribution in [0.15, 0.2) is 0 Å². The maximum Gasteiger partial charge on any atom is 0.0641 e. The number of rotatable bonds is 3. The molecule has 94 valence electrons. The first-order valence-corrected chi connectivity index (χ1v) is 6.89. The van der Waals surface area contributed by atoms with E-state index >= 15 is 0 Å². The van der Waals surface area contributed by atoms with Crippen molar-refractivity contribution in [2.45, 2.75) is 52.1 Å². The van der Waals surface area contributed by atoms with Gasteiger partial charge in [-0.25, -0.2) is 0 Å². The van der Waals surface area contributed by atoms with Crippen LogP contribution in [-0.2, 0) is 13.6 Å². The molecule has 1 aromatic rings. The van der Waals surface area contributed by atoms with Crippen LogP contribution in [0.3, 0.4) is 0 Å². The summed E-state index contributed by atoms with van der Waals surface area (Å²) >= 11 is 0. The van der Waals surface area contributed by atoms with E-state index in [1.54, 1.807) is 0 Å². The third kappa shape index (κ3) is 2.01. The van der Waals surface area contributed by atoms with Gasteiger partial charge < -0.3 is 5.32 Å². The molecule has 3 nitrogen and oxygen atoms in total. The Morgan fingerprint density at radius 3 is 2.88 bits per heavy atom. The molecule has 0 aromatic carbocycles. The van der Waals surface area contributed by atoms with Crippen molar-refractivity contribution < 1.29 is 0 Å². The molecule has 1 aromatic heterocycles. The van der Waals surface area contributed by atoms with E-state index < -0.39 is 0 Å². The van der Waals surface area contributed by atoms with Gasteiger partial charge in [0, 0.05) is 30.9 Å². The van der Waals surface area contributed by atoms with Gasteiger partial charge in [-0.05, 0) is 38.5 Å². The Hall–Kier alpha value is -0.830. The Morgan fingerprint density at radius 2 is 2.18 bits per heavy atom. The molecule has 1 N–H and O–H groups in total. The van der Waals surface area contributed by atoms with E-state index in [0.717, 1.165) is 24.4 Å². The highest BCUT2D eigenvalue weighted by molar-refractivity contribution is 5.24. The Bertz CT molecular complexity index is 421. The summed E-state index contributed by atoms with van der Waals surface area (Å²) in [5.74, 6) is 2.04. The number of nitrogens with one attached hydrogen (secondary N) is 1. The van der Waals surface area contributed by atoms with Crippen LogP contribution in [0.5, 0.6) is 0 Å². The van der Waals surface area contributed by atoms with Gasteiger partial charge in [0.25, 0.3) is 0 Å². The molecule has 0 bridgehead atoms. The quantitative estimate of drug-likeness (QED) is 0.868. The molecule has 3 rings (SSSR count). The van der Waals surface area contributed by atoms with Crippen molar-refractivity contribution in [1.82, 2.24) is 15.1 Å². The maximum atomic E-state index is 4.48. The number of hydrogen-bond acceptors (Lipinski definition) is 2. The molecule has 0 amide bonds. The van der Waals surface area contributed by atoms with Crippen LogP contribution in [0.1, 0.15) is 42.6 Å². The predicted octanol–water partition coefficient (Wildman–Crippen LogP) is 2.32. The zero-order valence-electron chi connectivity index (χ0n) is 11.2. The molecular formula is C14H23N3. The summed E-state index contributed by atoms with van der Waals surface area (Å²) in [6, 6.07) is 0.771. The molecule has 17 heavy (non-hydrogen) atoms. The van der Waals surface area contributed by atoms with E-state index in [9.17, 15) is 0 Å². The summed E-state index contributed by atoms with van der Waals surface area (Å²) in [5.41, 5.74) is 3.88. The zero-order valence-corrected chi connectivity index (χ0v) is 11.2. The SMILES string of the molecule is Cc1nn(C)c(C)c1CNC1CCC[C@H]2C[C@@H]12. The smallest absolute Gasteiger partial charge is 0.0641 e. The molecule has 3 heteroatoms. The van der Waals surface area contributed by atoms with E-state index in [1.807, 2.05) is 11.7 Å². The third-order valence-corrected chi connectivity index (χ3v) is 4.78. The number of aromatic nitrogens is 2. The molecule has 2 fully saturated rings. The average molecular weight is 233 g/mol. The highest BCUT2D eigenvalue weighted by Gasteiger charge is 2.44. The van der Waals surface area contributed by atoms with Crippen LogP contribution in [0.25, 0.3) is 0 Å². The first-order chi connectivity index (χ1) is 8.16. The maximum absolute atomic E-state index is 4.48. The van der Waals surface area contributed by atoms with E-state index in [4.69, 9.17) is 0 Å². The van der Waals surface area contributed by atoms with Crippen molar-refractivity contribution in [3.8, 4) is 0 Å². The van der Waals surface area contributed by atoms with Crippen molar-refractivity contribution >= 4 is 0 Å². The minimum Gasteiger partial charge on any atom is -0.310 e. The summed E-state index contributed by atoms with van der Waals surface area (Å²) in [7, 11) is 2.03. The van der Waals surface area contributed by atoms with Crippen LogP contribution < -0.4 is 5.32 Å². The summed E-state index contributed by atoms with van der Waals surface area (Å²) in [4.78, 5) is 0. The van der Waals surface area contributed by atoms with Crippen LogP contribution in [0, 0.1) is 25.7 Å². The average Bonchev–Trinajstić information content (AvgIpc) is 3.04. The number of hydrogen-bond donors (Lipinski definition) is 1. The van der Waals surface area contributed by atoms with Crippen LogP contribution >= 0.6 is 0 Å². The van der Waals surface area contributed by atoms with Gasteiger partial charge in [-0.2, -0.15) is 5.10 Å². The molecular weight excluding hydrogens is 210 g/mol. The van der Waals surface area contributed by atoms with Gasteiger partial charge in [-0.1, -0.05) is 12.8 Å². The first kappa shape index (κ1) is 11.3. The second-order valence-electron chi connectivity index (χ2n) is 5.85. The van der Waals surface area contributed by atoms with E-state index in [2.05, 4.69) is 24.3 Å². The number of aryl methyl sites for hydroxylation is 2. The van der Waals surface area contributed by atoms with Gasteiger partial charge >= 0.3 is 0 Å². The highest BCUT2D eigenvalue weighted by atomic mass is 15.3. The Labute approximate surface area is 104 Å². The lowest BCUT2D eigenvalue weighted by atomic mass is 9.95. The molecule has 0 aliphatic heterocycles. The minimum absolute atomic E-state index is 0.771. The second kappa shape index (κ2) is 4.13. The molecule has 0 saturated heterocycles. The molecule has 0 radical (unpaired) electrons. The molecule has 1 unspecified atom stereocenters. The molecule has 2 aliphatic carbocycles. The van der Waals surface area contributed by atoms with Gasteiger partial charge in [-0.15, -0.1) is 0 Å². The molecule has 2 saturated carbocycles. The summed E-state index contributed by atoms with van der Waals surface area (Å²) in [5, 5.41) is 8.25. The molecule has 3 atom stereocenters. The lowest BCUT2D eigenvalue weighted by Gasteiger charge is -2.22. The fourth-order valence-electron chi connectivity index (χ4n) is 3.47. The van der Waals surface area contributed by atoms with Crippen molar-refractivity contribution in [3.63, 3.8) is 0 Å². The standard InChI is InChI=1S/C14H23N3/c1-9-13(10(2)17(3)16-9)8-15-14-6-4-5-11-7-12(11)14/h11-12,14-15H,4-8H2,1-3H3/t11-,12+,14?/m0/s1. The Balaban J connectivity index is 1.63. The lowest BCUT2D eigenvalue weighted by molar-refractivity contribution is 0.352. The van der Waals surface area contributed by atoms with Crippen LogP contribution in [0.2, 0.25) is 0 Å². The fraction of sp³-hybridized carbons (Fsp3) is 0.786. The third-order valence-electron chi connectivity index (χ3n) is 4.78. The number of fused-ring (bicyclic) bond motifs is 1. The fourth-order valence-corrected chi connectivity index (χ4v) is 3.47. The van der Waals surface area contributed by atoms with Crippen molar-refractivity contribution in [1.29, 1.82) is 0 Å². The number of nitrogens with zero attached hydrogens (tertiary/aromatic N) is 2. The van der Waals surface area contributed by atoms with Crippen molar-refractivity contribution in [2.24, 2.45) is 18.9 Å². The van der Waals surface area contributed by atoms with Gasteiger partial charge in [0.05, 0.1) is 5.69 Å². The topological polar surface area (TPSA) is 29.9 Å². The molecule has 1 heterocycles. The summed E-state index contributed by atoms with van der Waals surface area (Å²) in [6.07, 6.45) is 5.75. The Morgan fingerprint density at radius 1 is 1.35 bits per heavy atom. The predicted molar refractivity (Wildman–Crippen MR) is 68.8 cm³/mol. The highest BCUT2D eigenvalue weighted by Crippen LogP contribution is 2.49.